The van der Waals surface area contributed by atoms with Crippen molar-refractivity contribution in [2.24, 2.45) is 17.6 Å². The molecule has 0 unspecified atom stereocenters. The standard InChI is InChI=1S/C10H14N2S/c11-10(7-1-2-7,8-3-4-8)9-12-5-6-13-9/h5-8H,1-4,11H2. The number of thiazole rings is 1. The SMILES string of the molecule is NC(c1nccs1)(C1CC1)C1CC1. The molecule has 1 aromatic rings. The Balaban J connectivity index is 1.97. The summed E-state index contributed by atoms with van der Waals surface area (Å²) in [5, 5.41) is 3.22. The molecule has 13 heavy (non-hydrogen) atoms. The van der Waals surface area contributed by atoms with E-state index in [4.69, 9.17) is 5.73 Å². The van der Waals surface area contributed by atoms with Gasteiger partial charge in [0.25, 0.3) is 0 Å². The normalized spacial score (nSPS) is 23.5. The summed E-state index contributed by atoms with van der Waals surface area (Å²) < 4.78 is 0. The van der Waals surface area contributed by atoms with Gasteiger partial charge in [0.1, 0.15) is 5.01 Å². The van der Waals surface area contributed by atoms with Crippen LogP contribution in [0.3, 0.4) is 0 Å². The molecule has 1 aromatic heterocycles. The van der Waals surface area contributed by atoms with Gasteiger partial charge in [0.05, 0.1) is 5.54 Å². The summed E-state index contributed by atoms with van der Waals surface area (Å²) in [6.45, 7) is 0. The molecule has 2 aliphatic carbocycles. The molecule has 0 saturated heterocycles. The van der Waals surface area contributed by atoms with Crippen molar-refractivity contribution >= 4 is 11.3 Å². The second-order valence-electron chi connectivity index (χ2n) is 4.32. The fourth-order valence-electron chi connectivity index (χ4n) is 2.24. The smallest absolute Gasteiger partial charge is 0.113 e. The molecule has 1 heterocycles. The number of rotatable bonds is 3. The van der Waals surface area contributed by atoms with E-state index in [9.17, 15) is 0 Å². The molecular weight excluding hydrogens is 180 g/mol. The molecule has 0 atom stereocenters. The van der Waals surface area contributed by atoms with Crippen LogP contribution in [0.5, 0.6) is 0 Å². The van der Waals surface area contributed by atoms with Crippen molar-refractivity contribution < 1.29 is 0 Å². The van der Waals surface area contributed by atoms with Crippen molar-refractivity contribution in [3.05, 3.63) is 16.6 Å². The zero-order valence-corrected chi connectivity index (χ0v) is 8.39. The number of nitrogens with zero attached hydrogens (tertiary/aromatic N) is 1. The lowest BCUT2D eigenvalue weighted by Crippen LogP contribution is -2.41. The summed E-state index contributed by atoms with van der Waals surface area (Å²) in [6, 6.07) is 0. The monoisotopic (exact) mass is 194 g/mol. The third-order valence-electron chi connectivity index (χ3n) is 3.31. The van der Waals surface area contributed by atoms with Crippen molar-refractivity contribution in [3.63, 3.8) is 0 Å². The average molecular weight is 194 g/mol. The predicted molar refractivity (Wildman–Crippen MR) is 53.4 cm³/mol. The maximum absolute atomic E-state index is 6.52. The topological polar surface area (TPSA) is 38.9 Å². The minimum atomic E-state index is -0.0475. The molecule has 0 radical (unpaired) electrons. The van der Waals surface area contributed by atoms with E-state index in [0.717, 1.165) is 11.8 Å². The van der Waals surface area contributed by atoms with Crippen LogP contribution in [0.2, 0.25) is 0 Å². The molecule has 2 fully saturated rings. The molecule has 2 aliphatic rings. The second-order valence-corrected chi connectivity index (χ2v) is 5.21. The zero-order chi connectivity index (χ0) is 8.89. The lowest BCUT2D eigenvalue weighted by molar-refractivity contribution is 0.330. The fraction of sp³-hybridized carbons (Fsp3) is 0.700. The first kappa shape index (κ1) is 7.94. The quantitative estimate of drug-likeness (QED) is 0.800. The van der Waals surface area contributed by atoms with Gasteiger partial charge in [0.15, 0.2) is 0 Å². The maximum Gasteiger partial charge on any atom is 0.113 e. The Hall–Kier alpha value is -0.410. The van der Waals surface area contributed by atoms with Crippen molar-refractivity contribution in [2.45, 2.75) is 31.2 Å². The molecule has 0 aromatic carbocycles. The minimum Gasteiger partial charge on any atom is -0.319 e. The third kappa shape index (κ3) is 1.14. The first-order chi connectivity index (χ1) is 6.32. The summed E-state index contributed by atoms with van der Waals surface area (Å²) in [6.07, 6.45) is 7.13. The Bertz CT molecular complexity index is 287. The highest BCUT2D eigenvalue weighted by Gasteiger charge is 2.54. The van der Waals surface area contributed by atoms with E-state index in [-0.39, 0.29) is 5.54 Å². The fourth-order valence-corrected chi connectivity index (χ4v) is 3.15. The van der Waals surface area contributed by atoms with Gasteiger partial charge in [0, 0.05) is 11.6 Å². The van der Waals surface area contributed by atoms with Crippen LogP contribution in [-0.2, 0) is 5.54 Å². The van der Waals surface area contributed by atoms with E-state index in [1.54, 1.807) is 11.3 Å². The molecule has 2 saturated carbocycles. The van der Waals surface area contributed by atoms with Crippen LogP contribution in [0, 0.1) is 11.8 Å². The van der Waals surface area contributed by atoms with Crippen LogP contribution in [0.1, 0.15) is 30.7 Å². The van der Waals surface area contributed by atoms with Gasteiger partial charge < -0.3 is 5.73 Å². The average Bonchev–Trinajstić information content (AvgIpc) is 3.01. The van der Waals surface area contributed by atoms with E-state index >= 15 is 0 Å². The summed E-state index contributed by atoms with van der Waals surface area (Å²) in [7, 11) is 0. The zero-order valence-electron chi connectivity index (χ0n) is 7.57. The van der Waals surface area contributed by atoms with E-state index in [2.05, 4.69) is 4.98 Å². The Morgan fingerprint density at radius 1 is 1.31 bits per heavy atom. The van der Waals surface area contributed by atoms with E-state index in [0.29, 0.717) is 0 Å². The molecular formula is C10H14N2S. The summed E-state index contributed by atoms with van der Waals surface area (Å²) in [5.41, 5.74) is 6.47. The molecule has 0 amide bonds. The van der Waals surface area contributed by atoms with Gasteiger partial charge in [-0.25, -0.2) is 4.98 Å². The number of nitrogens with two attached hydrogens (primary N) is 1. The Labute approximate surface area is 82.2 Å². The molecule has 0 bridgehead atoms. The molecule has 3 rings (SSSR count). The third-order valence-corrected chi connectivity index (χ3v) is 4.25. The van der Waals surface area contributed by atoms with Gasteiger partial charge in [-0.15, -0.1) is 11.3 Å². The van der Waals surface area contributed by atoms with Crippen LogP contribution in [0.15, 0.2) is 11.6 Å². The van der Waals surface area contributed by atoms with Crippen LogP contribution in [-0.4, -0.2) is 4.98 Å². The molecule has 0 aliphatic heterocycles. The Kier molecular flexibility index (Phi) is 1.56. The van der Waals surface area contributed by atoms with Crippen LogP contribution >= 0.6 is 11.3 Å². The van der Waals surface area contributed by atoms with E-state index < -0.39 is 0 Å². The van der Waals surface area contributed by atoms with Gasteiger partial charge in [-0.2, -0.15) is 0 Å². The highest BCUT2D eigenvalue weighted by molar-refractivity contribution is 7.09. The van der Waals surface area contributed by atoms with E-state index in [1.807, 2.05) is 11.6 Å². The van der Waals surface area contributed by atoms with E-state index in [1.165, 1.54) is 30.7 Å². The first-order valence-corrected chi connectivity index (χ1v) is 5.88. The first-order valence-electron chi connectivity index (χ1n) is 5.00. The second kappa shape index (κ2) is 2.55. The van der Waals surface area contributed by atoms with Crippen LogP contribution in [0.25, 0.3) is 0 Å². The van der Waals surface area contributed by atoms with Gasteiger partial charge >= 0.3 is 0 Å². The number of aromatic nitrogens is 1. The summed E-state index contributed by atoms with van der Waals surface area (Å²) >= 11 is 1.73. The highest BCUT2D eigenvalue weighted by Crippen LogP contribution is 2.56. The van der Waals surface area contributed by atoms with Crippen LogP contribution in [0.4, 0.5) is 0 Å². The van der Waals surface area contributed by atoms with Gasteiger partial charge in [0.2, 0.25) is 0 Å². The van der Waals surface area contributed by atoms with Crippen LogP contribution < -0.4 is 5.73 Å². The number of hydrogen-bond acceptors (Lipinski definition) is 3. The molecule has 70 valence electrons. The van der Waals surface area contributed by atoms with Crippen molar-refractivity contribution in [2.75, 3.05) is 0 Å². The van der Waals surface area contributed by atoms with Crippen molar-refractivity contribution in [1.29, 1.82) is 0 Å². The molecule has 3 heteroatoms. The summed E-state index contributed by atoms with van der Waals surface area (Å²) in [4.78, 5) is 4.40. The van der Waals surface area contributed by atoms with Gasteiger partial charge in [-0.05, 0) is 37.5 Å². The van der Waals surface area contributed by atoms with Crippen molar-refractivity contribution in [3.8, 4) is 0 Å². The molecule has 0 spiro atoms. The van der Waals surface area contributed by atoms with Crippen molar-refractivity contribution in [1.82, 2.24) is 4.98 Å². The molecule has 2 nitrogen and oxygen atoms in total. The number of hydrogen-bond donors (Lipinski definition) is 1. The Morgan fingerprint density at radius 3 is 2.31 bits per heavy atom. The lowest BCUT2D eigenvalue weighted by Gasteiger charge is -2.27. The maximum atomic E-state index is 6.52. The van der Waals surface area contributed by atoms with Gasteiger partial charge in [-0.1, -0.05) is 0 Å². The lowest BCUT2D eigenvalue weighted by atomic mass is 9.89. The highest BCUT2D eigenvalue weighted by atomic mass is 32.1. The van der Waals surface area contributed by atoms with Gasteiger partial charge in [-0.3, -0.25) is 0 Å². The molecule has 2 N–H and O–H groups in total. The predicted octanol–water partition coefficient (Wildman–Crippen LogP) is 2.12. The Morgan fingerprint density at radius 2 is 1.92 bits per heavy atom. The largest absolute Gasteiger partial charge is 0.319 e. The summed E-state index contributed by atoms with van der Waals surface area (Å²) in [5.74, 6) is 1.46. The minimum absolute atomic E-state index is 0.0475.